The third kappa shape index (κ3) is 3.82. The summed E-state index contributed by atoms with van der Waals surface area (Å²) in [6.07, 6.45) is 4.16. The highest BCUT2D eigenvalue weighted by atomic mass is 16.4. The molecule has 0 radical (unpaired) electrons. The van der Waals surface area contributed by atoms with Crippen molar-refractivity contribution in [3.63, 3.8) is 0 Å². The summed E-state index contributed by atoms with van der Waals surface area (Å²) in [5.74, 6) is -0.738. The smallest absolute Gasteiger partial charge is 0.310 e. The molecule has 0 amide bonds. The maximum Gasteiger partial charge on any atom is 0.310 e. The molecule has 0 aliphatic heterocycles. The Hall–Kier alpha value is -1.42. The molecule has 0 bridgehead atoms. The lowest BCUT2D eigenvalue weighted by molar-refractivity contribution is -0.149. The van der Waals surface area contributed by atoms with Crippen molar-refractivity contribution >= 4 is 5.97 Å². The van der Waals surface area contributed by atoms with Crippen LogP contribution in [-0.2, 0) is 11.3 Å². The summed E-state index contributed by atoms with van der Waals surface area (Å²) in [6, 6.07) is 3.88. The van der Waals surface area contributed by atoms with E-state index in [0.29, 0.717) is 13.0 Å². The maximum absolute atomic E-state index is 11.2. The molecule has 94 valence electrons. The summed E-state index contributed by atoms with van der Waals surface area (Å²) < 4.78 is 0. The molecule has 1 heterocycles. The van der Waals surface area contributed by atoms with Crippen LogP contribution in [0, 0.1) is 5.41 Å². The number of carboxylic acids is 1. The zero-order valence-corrected chi connectivity index (χ0v) is 10.7. The van der Waals surface area contributed by atoms with Crippen LogP contribution < -0.4 is 0 Å². The molecule has 1 aromatic heterocycles. The summed E-state index contributed by atoms with van der Waals surface area (Å²) in [5.41, 5.74) is 0.413. The molecule has 0 saturated carbocycles. The van der Waals surface area contributed by atoms with Crippen molar-refractivity contribution < 1.29 is 9.90 Å². The van der Waals surface area contributed by atoms with Gasteiger partial charge in [-0.2, -0.15) is 0 Å². The van der Waals surface area contributed by atoms with Crippen LogP contribution in [0.3, 0.4) is 0 Å². The monoisotopic (exact) mass is 236 g/mol. The van der Waals surface area contributed by atoms with Gasteiger partial charge >= 0.3 is 5.97 Å². The van der Waals surface area contributed by atoms with Gasteiger partial charge < -0.3 is 10.0 Å². The summed E-state index contributed by atoms with van der Waals surface area (Å²) in [5, 5.41) is 9.21. The molecule has 4 nitrogen and oxygen atoms in total. The fraction of sp³-hybridized carbons (Fsp3) is 0.538. The quantitative estimate of drug-likeness (QED) is 0.821. The van der Waals surface area contributed by atoms with Crippen LogP contribution in [0.5, 0.6) is 0 Å². The van der Waals surface area contributed by atoms with Gasteiger partial charge in [0.25, 0.3) is 0 Å². The zero-order chi connectivity index (χ0) is 12.9. The molecule has 1 rings (SSSR count). The van der Waals surface area contributed by atoms with Crippen molar-refractivity contribution in [2.75, 3.05) is 13.6 Å². The molecule has 0 saturated heterocycles. The minimum absolute atomic E-state index is 0.535. The molecule has 0 aliphatic rings. The number of carboxylic acid groups (broad SMARTS) is 1. The number of pyridine rings is 1. The first-order valence-corrected chi connectivity index (χ1v) is 5.79. The Morgan fingerprint density at radius 2 is 2.29 bits per heavy atom. The van der Waals surface area contributed by atoms with Gasteiger partial charge in [0.2, 0.25) is 0 Å². The topological polar surface area (TPSA) is 53.4 Å². The lowest BCUT2D eigenvalue weighted by Gasteiger charge is -2.29. The molecule has 0 spiro atoms. The van der Waals surface area contributed by atoms with Gasteiger partial charge in [-0.1, -0.05) is 13.0 Å². The highest BCUT2D eigenvalue weighted by Gasteiger charge is 2.32. The number of aliphatic carboxylic acids is 1. The Balaban J connectivity index is 2.60. The van der Waals surface area contributed by atoms with Crippen LogP contribution >= 0.6 is 0 Å². The molecule has 1 unspecified atom stereocenters. The average Bonchev–Trinajstić information content (AvgIpc) is 2.29. The van der Waals surface area contributed by atoms with Gasteiger partial charge in [-0.3, -0.25) is 9.78 Å². The molecule has 4 heteroatoms. The Labute approximate surface area is 102 Å². The van der Waals surface area contributed by atoms with Gasteiger partial charge in [0.1, 0.15) is 0 Å². The van der Waals surface area contributed by atoms with Crippen LogP contribution in [0.4, 0.5) is 0 Å². The zero-order valence-electron chi connectivity index (χ0n) is 10.7. The number of rotatable bonds is 6. The minimum atomic E-state index is -0.738. The predicted molar refractivity (Wildman–Crippen MR) is 66.6 cm³/mol. The van der Waals surface area contributed by atoms with E-state index in [1.165, 1.54) is 0 Å². The van der Waals surface area contributed by atoms with Crippen LogP contribution in [0.25, 0.3) is 0 Å². The Morgan fingerprint density at radius 1 is 1.59 bits per heavy atom. The van der Waals surface area contributed by atoms with Gasteiger partial charge in [0, 0.05) is 25.5 Å². The SMILES string of the molecule is CCC(C)(CN(C)Cc1cccnc1)C(=O)O. The van der Waals surface area contributed by atoms with E-state index in [-0.39, 0.29) is 0 Å². The van der Waals surface area contributed by atoms with Gasteiger partial charge in [-0.05, 0) is 32.0 Å². The number of hydrogen-bond acceptors (Lipinski definition) is 3. The highest BCUT2D eigenvalue weighted by molar-refractivity contribution is 5.74. The summed E-state index contributed by atoms with van der Waals surface area (Å²) in [7, 11) is 1.93. The fourth-order valence-electron chi connectivity index (χ4n) is 1.79. The first kappa shape index (κ1) is 13.6. The Bertz CT molecular complexity index is 367. The van der Waals surface area contributed by atoms with Gasteiger partial charge in [0.05, 0.1) is 5.41 Å². The van der Waals surface area contributed by atoms with Crippen LogP contribution in [0.1, 0.15) is 25.8 Å². The number of nitrogens with zero attached hydrogens (tertiary/aromatic N) is 2. The van der Waals surface area contributed by atoms with E-state index in [1.54, 1.807) is 19.3 Å². The van der Waals surface area contributed by atoms with Crippen molar-refractivity contribution in [2.45, 2.75) is 26.8 Å². The third-order valence-electron chi connectivity index (χ3n) is 3.09. The number of aromatic nitrogens is 1. The molecule has 0 aromatic carbocycles. The normalized spacial score (nSPS) is 14.6. The van der Waals surface area contributed by atoms with Crippen molar-refractivity contribution in [1.29, 1.82) is 0 Å². The van der Waals surface area contributed by atoms with Crippen molar-refractivity contribution in [3.8, 4) is 0 Å². The first-order valence-electron chi connectivity index (χ1n) is 5.79. The second-order valence-corrected chi connectivity index (χ2v) is 4.75. The van der Waals surface area contributed by atoms with E-state index in [1.807, 2.05) is 31.0 Å². The van der Waals surface area contributed by atoms with Crippen LogP contribution in [0.2, 0.25) is 0 Å². The lowest BCUT2D eigenvalue weighted by Crippen LogP contribution is -2.38. The van der Waals surface area contributed by atoms with Crippen molar-refractivity contribution in [1.82, 2.24) is 9.88 Å². The summed E-state index contributed by atoms with van der Waals surface area (Å²) >= 11 is 0. The highest BCUT2D eigenvalue weighted by Crippen LogP contribution is 2.23. The maximum atomic E-state index is 11.2. The van der Waals surface area contributed by atoms with Gasteiger partial charge in [0.15, 0.2) is 0 Å². The fourth-order valence-corrected chi connectivity index (χ4v) is 1.79. The molecule has 1 atom stereocenters. The largest absolute Gasteiger partial charge is 0.481 e. The Morgan fingerprint density at radius 3 is 2.76 bits per heavy atom. The minimum Gasteiger partial charge on any atom is -0.481 e. The van der Waals surface area contributed by atoms with E-state index in [0.717, 1.165) is 12.1 Å². The Kier molecular flexibility index (Phi) is 4.63. The van der Waals surface area contributed by atoms with E-state index in [4.69, 9.17) is 0 Å². The predicted octanol–water partition coefficient (Wildman–Crippen LogP) is 2.01. The summed E-state index contributed by atoms with van der Waals surface area (Å²) in [4.78, 5) is 17.3. The molecule has 0 aliphatic carbocycles. The van der Waals surface area contributed by atoms with E-state index in [9.17, 15) is 9.90 Å². The van der Waals surface area contributed by atoms with Crippen molar-refractivity contribution in [2.24, 2.45) is 5.41 Å². The van der Waals surface area contributed by atoms with E-state index < -0.39 is 11.4 Å². The lowest BCUT2D eigenvalue weighted by atomic mass is 9.87. The van der Waals surface area contributed by atoms with Gasteiger partial charge in [-0.25, -0.2) is 0 Å². The molecule has 1 N–H and O–H groups in total. The third-order valence-corrected chi connectivity index (χ3v) is 3.09. The molecule has 0 fully saturated rings. The second-order valence-electron chi connectivity index (χ2n) is 4.75. The van der Waals surface area contributed by atoms with Gasteiger partial charge in [-0.15, -0.1) is 0 Å². The molecular formula is C13H20N2O2. The summed E-state index contributed by atoms with van der Waals surface area (Å²) in [6.45, 7) is 4.95. The van der Waals surface area contributed by atoms with Crippen molar-refractivity contribution in [3.05, 3.63) is 30.1 Å². The van der Waals surface area contributed by atoms with Crippen LogP contribution in [-0.4, -0.2) is 34.6 Å². The van der Waals surface area contributed by atoms with E-state index >= 15 is 0 Å². The van der Waals surface area contributed by atoms with Crippen LogP contribution in [0.15, 0.2) is 24.5 Å². The molecule has 17 heavy (non-hydrogen) atoms. The number of hydrogen-bond donors (Lipinski definition) is 1. The molecule has 1 aromatic rings. The number of carbonyl (C=O) groups is 1. The standard InChI is InChI=1S/C13H20N2O2/c1-4-13(2,12(16)17)10-15(3)9-11-6-5-7-14-8-11/h5-8H,4,9-10H2,1-3H3,(H,16,17). The first-order chi connectivity index (χ1) is 7.98. The molecular weight excluding hydrogens is 216 g/mol. The van der Waals surface area contributed by atoms with E-state index in [2.05, 4.69) is 4.98 Å². The average molecular weight is 236 g/mol. The second kappa shape index (κ2) is 5.77.